The van der Waals surface area contributed by atoms with Crippen molar-refractivity contribution in [3.05, 3.63) is 18.2 Å². The second-order valence-corrected chi connectivity index (χ2v) is 3.58. The van der Waals surface area contributed by atoms with E-state index in [9.17, 15) is 0 Å². The van der Waals surface area contributed by atoms with Crippen LogP contribution in [0, 0.1) is 0 Å². The second kappa shape index (κ2) is 6.95. The molecule has 0 spiro atoms. The SMILES string of the molecule is COCCCCNc1ccc(OC)cc1N. The first-order valence-corrected chi connectivity index (χ1v) is 5.44. The Morgan fingerprint density at radius 3 is 2.69 bits per heavy atom. The first-order valence-electron chi connectivity index (χ1n) is 5.44. The largest absolute Gasteiger partial charge is 0.497 e. The van der Waals surface area contributed by atoms with Gasteiger partial charge in [0.2, 0.25) is 0 Å². The van der Waals surface area contributed by atoms with Gasteiger partial charge in [0.15, 0.2) is 0 Å². The molecule has 0 fully saturated rings. The Morgan fingerprint density at radius 1 is 1.25 bits per heavy atom. The topological polar surface area (TPSA) is 56.5 Å². The average molecular weight is 224 g/mol. The molecule has 0 atom stereocenters. The van der Waals surface area contributed by atoms with Crippen LogP contribution in [-0.4, -0.2) is 27.4 Å². The summed E-state index contributed by atoms with van der Waals surface area (Å²) in [5, 5.41) is 3.29. The first kappa shape index (κ1) is 12.6. The third-order valence-corrected chi connectivity index (χ3v) is 2.35. The van der Waals surface area contributed by atoms with Crippen LogP contribution in [-0.2, 0) is 4.74 Å². The molecule has 4 nitrogen and oxygen atoms in total. The maximum absolute atomic E-state index is 5.87. The van der Waals surface area contributed by atoms with E-state index in [2.05, 4.69) is 5.32 Å². The van der Waals surface area contributed by atoms with E-state index < -0.39 is 0 Å². The number of methoxy groups -OCH3 is 2. The van der Waals surface area contributed by atoms with Gasteiger partial charge in [-0.05, 0) is 25.0 Å². The smallest absolute Gasteiger partial charge is 0.121 e. The van der Waals surface area contributed by atoms with E-state index in [1.807, 2.05) is 18.2 Å². The molecule has 0 radical (unpaired) electrons. The number of nitrogens with two attached hydrogens (primary N) is 1. The molecular formula is C12H20N2O2. The van der Waals surface area contributed by atoms with Crippen LogP contribution in [0.2, 0.25) is 0 Å². The summed E-state index contributed by atoms with van der Waals surface area (Å²) in [7, 11) is 3.35. The lowest BCUT2D eigenvalue weighted by atomic mass is 10.2. The summed E-state index contributed by atoms with van der Waals surface area (Å²) in [4.78, 5) is 0. The molecule has 16 heavy (non-hydrogen) atoms. The highest BCUT2D eigenvalue weighted by molar-refractivity contribution is 5.68. The molecule has 0 aliphatic rings. The zero-order chi connectivity index (χ0) is 11.8. The van der Waals surface area contributed by atoms with Crippen LogP contribution in [0.15, 0.2) is 18.2 Å². The monoisotopic (exact) mass is 224 g/mol. The van der Waals surface area contributed by atoms with Gasteiger partial charge in [-0.1, -0.05) is 0 Å². The lowest BCUT2D eigenvalue weighted by Crippen LogP contribution is -2.05. The van der Waals surface area contributed by atoms with Gasteiger partial charge >= 0.3 is 0 Å². The third kappa shape index (κ3) is 3.98. The summed E-state index contributed by atoms with van der Waals surface area (Å²) < 4.78 is 10.1. The van der Waals surface area contributed by atoms with Crippen molar-refractivity contribution in [1.29, 1.82) is 0 Å². The minimum atomic E-state index is 0.714. The lowest BCUT2D eigenvalue weighted by Gasteiger charge is -2.10. The number of hydrogen-bond donors (Lipinski definition) is 2. The summed E-state index contributed by atoms with van der Waals surface area (Å²) in [5.41, 5.74) is 7.54. The predicted molar refractivity (Wildman–Crippen MR) is 67.0 cm³/mol. The van der Waals surface area contributed by atoms with Crippen LogP contribution in [0.5, 0.6) is 5.75 Å². The summed E-state index contributed by atoms with van der Waals surface area (Å²) in [6.45, 7) is 1.71. The normalized spacial score (nSPS) is 10.1. The number of ether oxygens (including phenoxy) is 2. The maximum atomic E-state index is 5.87. The quantitative estimate of drug-likeness (QED) is 0.550. The van der Waals surface area contributed by atoms with Crippen LogP contribution in [0.1, 0.15) is 12.8 Å². The van der Waals surface area contributed by atoms with Crippen LogP contribution in [0.3, 0.4) is 0 Å². The third-order valence-electron chi connectivity index (χ3n) is 2.35. The molecule has 0 unspecified atom stereocenters. The molecule has 1 rings (SSSR count). The Hall–Kier alpha value is -1.42. The summed E-state index contributed by atoms with van der Waals surface area (Å²) in [5.74, 6) is 0.780. The number of nitrogen functional groups attached to an aromatic ring is 1. The molecule has 1 aromatic rings. The van der Waals surface area contributed by atoms with Gasteiger partial charge in [-0.15, -0.1) is 0 Å². The number of nitrogens with one attached hydrogen (secondary N) is 1. The van der Waals surface area contributed by atoms with Crippen molar-refractivity contribution in [2.75, 3.05) is 38.4 Å². The maximum Gasteiger partial charge on any atom is 0.121 e. The molecule has 0 saturated heterocycles. The van der Waals surface area contributed by atoms with Gasteiger partial charge in [0.05, 0.1) is 18.5 Å². The van der Waals surface area contributed by atoms with Crippen molar-refractivity contribution in [2.45, 2.75) is 12.8 Å². The molecule has 3 N–H and O–H groups in total. The van der Waals surface area contributed by atoms with Crippen molar-refractivity contribution in [2.24, 2.45) is 0 Å². The summed E-state index contributed by atoms with van der Waals surface area (Å²) >= 11 is 0. The minimum absolute atomic E-state index is 0.714. The number of hydrogen-bond acceptors (Lipinski definition) is 4. The molecular weight excluding hydrogens is 204 g/mol. The lowest BCUT2D eigenvalue weighted by molar-refractivity contribution is 0.194. The van der Waals surface area contributed by atoms with Crippen LogP contribution in [0.25, 0.3) is 0 Å². The molecule has 4 heteroatoms. The van der Waals surface area contributed by atoms with Crippen molar-refractivity contribution >= 4 is 11.4 Å². The van der Waals surface area contributed by atoms with Gasteiger partial charge in [-0.2, -0.15) is 0 Å². The highest BCUT2D eigenvalue weighted by Crippen LogP contribution is 2.23. The van der Waals surface area contributed by atoms with Gasteiger partial charge in [0, 0.05) is 26.3 Å². The van der Waals surface area contributed by atoms with E-state index in [-0.39, 0.29) is 0 Å². The van der Waals surface area contributed by atoms with Gasteiger partial charge in [0.25, 0.3) is 0 Å². The predicted octanol–water partition coefficient (Wildman–Crippen LogP) is 2.12. The van der Waals surface area contributed by atoms with Crippen LogP contribution < -0.4 is 15.8 Å². The Labute approximate surface area is 96.7 Å². The fourth-order valence-corrected chi connectivity index (χ4v) is 1.42. The fourth-order valence-electron chi connectivity index (χ4n) is 1.42. The molecule has 0 saturated carbocycles. The van der Waals surface area contributed by atoms with Gasteiger partial charge in [-0.3, -0.25) is 0 Å². The van der Waals surface area contributed by atoms with Gasteiger partial charge in [-0.25, -0.2) is 0 Å². The van der Waals surface area contributed by atoms with E-state index >= 15 is 0 Å². The van der Waals surface area contributed by atoms with E-state index in [0.717, 1.165) is 37.4 Å². The summed E-state index contributed by atoms with van der Waals surface area (Å²) in [6.07, 6.45) is 2.12. The molecule has 0 heterocycles. The van der Waals surface area contributed by atoms with Crippen molar-refractivity contribution < 1.29 is 9.47 Å². The molecule has 0 aliphatic heterocycles. The van der Waals surface area contributed by atoms with Crippen LogP contribution in [0.4, 0.5) is 11.4 Å². The van der Waals surface area contributed by atoms with Crippen molar-refractivity contribution in [3.63, 3.8) is 0 Å². The van der Waals surface area contributed by atoms with Crippen LogP contribution >= 0.6 is 0 Å². The average Bonchev–Trinajstić information content (AvgIpc) is 2.30. The zero-order valence-electron chi connectivity index (χ0n) is 9.95. The number of benzene rings is 1. The fraction of sp³-hybridized carbons (Fsp3) is 0.500. The van der Waals surface area contributed by atoms with Crippen molar-refractivity contribution in [1.82, 2.24) is 0 Å². The highest BCUT2D eigenvalue weighted by atomic mass is 16.5. The molecule has 0 aromatic heterocycles. The van der Waals surface area contributed by atoms with Crippen molar-refractivity contribution in [3.8, 4) is 5.75 Å². The molecule has 90 valence electrons. The summed E-state index contributed by atoms with van der Waals surface area (Å²) in [6, 6.07) is 5.65. The molecule has 0 bridgehead atoms. The Kier molecular flexibility index (Phi) is 5.50. The standard InChI is InChI=1S/C12H20N2O2/c1-15-8-4-3-7-14-12-6-5-10(16-2)9-11(12)13/h5-6,9,14H,3-4,7-8,13H2,1-2H3. The Bertz CT molecular complexity index is 316. The highest BCUT2D eigenvalue weighted by Gasteiger charge is 1.99. The molecule has 1 aromatic carbocycles. The van der Waals surface area contributed by atoms with E-state index in [1.54, 1.807) is 14.2 Å². The van der Waals surface area contributed by atoms with E-state index in [1.165, 1.54) is 0 Å². The molecule has 0 aliphatic carbocycles. The van der Waals surface area contributed by atoms with Gasteiger partial charge < -0.3 is 20.5 Å². The number of unbranched alkanes of at least 4 members (excludes halogenated alkanes) is 1. The Morgan fingerprint density at radius 2 is 2.06 bits per heavy atom. The van der Waals surface area contributed by atoms with E-state index in [0.29, 0.717) is 5.69 Å². The number of anilines is 2. The number of rotatable bonds is 7. The minimum Gasteiger partial charge on any atom is -0.497 e. The molecule has 0 amide bonds. The second-order valence-electron chi connectivity index (χ2n) is 3.58. The zero-order valence-corrected chi connectivity index (χ0v) is 9.95. The Balaban J connectivity index is 2.36. The van der Waals surface area contributed by atoms with Gasteiger partial charge in [0.1, 0.15) is 5.75 Å². The van der Waals surface area contributed by atoms with E-state index in [4.69, 9.17) is 15.2 Å². The first-order chi connectivity index (χ1) is 7.77.